The average Bonchev–Trinajstić information content (AvgIpc) is 3.33. The third-order valence-electron chi connectivity index (χ3n) is 4.98. The number of imide groups is 1. The molecule has 3 amide bonds. The molecule has 1 N–H and O–H groups in total. The van der Waals surface area contributed by atoms with Crippen molar-refractivity contribution in [1.82, 2.24) is 20.4 Å². The van der Waals surface area contributed by atoms with Crippen molar-refractivity contribution in [3.63, 3.8) is 0 Å². The quantitative estimate of drug-likeness (QED) is 0.650. The molecule has 0 spiro atoms. The molecule has 0 saturated carbocycles. The van der Waals surface area contributed by atoms with E-state index in [2.05, 4.69) is 15.5 Å². The number of carbonyl (C=O) groups excluding carboxylic acids is 2. The Morgan fingerprint density at radius 1 is 1.20 bits per heavy atom. The standard InChI is InChI=1S/C21H17N5O4/c1-21(14-9-7-13(11-22)8-10-14)19(27)26(20(28)24-21)12-17-23-18(25-30-17)15-5-3-4-6-16(15)29-2/h3-10H,12H2,1-2H3,(H,24,28)/t21-/m1/s1. The number of methoxy groups -OCH3 is 1. The van der Waals surface area contributed by atoms with Crippen molar-refractivity contribution >= 4 is 11.9 Å². The molecular weight excluding hydrogens is 386 g/mol. The highest BCUT2D eigenvalue weighted by Crippen LogP contribution is 2.31. The number of para-hydroxylation sites is 1. The van der Waals surface area contributed by atoms with Crippen LogP contribution in [-0.4, -0.2) is 34.1 Å². The second-order valence-electron chi connectivity index (χ2n) is 6.85. The van der Waals surface area contributed by atoms with Gasteiger partial charge in [-0.15, -0.1) is 0 Å². The van der Waals surface area contributed by atoms with Gasteiger partial charge in [0.05, 0.1) is 24.3 Å². The SMILES string of the molecule is COc1ccccc1-c1noc(CN2C(=O)N[C@](C)(c3ccc(C#N)cc3)C2=O)n1. The summed E-state index contributed by atoms with van der Waals surface area (Å²) in [6, 6.07) is 15.1. The molecule has 9 heteroatoms. The van der Waals surface area contributed by atoms with Crippen LogP contribution in [0.5, 0.6) is 5.75 Å². The van der Waals surface area contributed by atoms with Crippen molar-refractivity contribution in [2.45, 2.75) is 19.0 Å². The fourth-order valence-corrected chi connectivity index (χ4v) is 3.31. The average molecular weight is 403 g/mol. The minimum atomic E-state index is -1.25. The van der Waals surface area contributed by atoms with Gasteiger partial charge in [0.15, 0.2) is 0 Å². The number of urea groups is 1. The van der Waals surface area contributed by atoms with E-state index in [1.807, 2.05) is 18.2 Å². The predicted molar refractivity (Wildman–Crippen MR) is 104 cm³/mol. The summed E-state index contributed by atoms with van der Waals surface area (Å²) in [6.45, 7) is 1.45. The lowest BCUT2D eigenvalue weighted by atomic mass is 9.91. The lowest BCUT2D eigenvalue weighted by molar-refractivity contribution is -0.131. The second-order valence-corrected chi connectivity index (χ2v) is 6.85. The minimum Gasteiger partial charge on any atom is -0.496 e. The molecule has 2 heterocycles. The molecule has 1 aliphatic heterocycles. The Balaban J connectivity index is 1.57. The van der Waals surface area contributed by atoms with Gasteiger partial charge in [-0.2, -0.15) is 10.2 Å². The molecule has 1 atom stereocenters. The third kappa shape index (κ3) is 3.14. The number of benzene rings is 2. The maximum absolute atomic E-state index is 13.0. The van der Waals surface area contributed by atoms with E-state index in [-0.39, 0.29) is 12.4 Å². The zero-order valence-corrected chi connectivity index (χ0v) is 16.2. The van der Waals surface area contributed by atoms with E-state index in [4.69, 9.17) is 14.5 Å². The van der Waals surface area contributed by atoms with Gasteiger partial charge in [0.25, 0.3) is 5.91 Å². The Kier molecular flexibility index (Phi) is 4.68. The van der Waals surface area contributed by atoms with Crippen molar-refractivity contribution in [2.75, 3.05) is 7.11 Å². The van der Waals surface area contributed by atoms with Crippen molar-refractivity contribution in [2.24, 2.45) is 0 Å². The summed E-state index contributed by atoms with van der Waals surface area (Å²) in [5, 5.41) is 15.6. The predicted octanol–water partition coefficient (Wildman–Crippen LogP) is 2.58. The van der Waals surface area contributed by atoms with Gasteiger partial charge in [-0.05, 0) is 36.8 Å². The number of hydrogen-bond donors (Lipinski definition) is 1. The molecule has 0 aliphatic carbocycles. The maximum Gasteiger partial charge on any atom is 0.325 e. The molecular formula is C21H17N5O4. The molecule has 0 radical (unpaired) electrons. The Bertz CT molecular complexity index is 1160. The van der Waals surface area contributed by atoms with Crippen molar-refractivity contribution in [3.05, 3.63) is 65.5 Å². The minimum absolute atomic E-state index is 0.114. The van der Waals surface area contributed by atoms with Crippen LogP contribution in [0.3, 0.4) is 0 Å². The van der Waals surface area contributed by atoms with Crippen LogP contribution in [0.2, 0.25) is 0 Å². The Morgan fingerprint density at radius 2 is 1.93 bits per heavy atom. The van der Waals surface area contributed by atoms with Gasteiger partial charge in [-0.25, -0.2) is 4.79 Å². The number of ether oxygens (including phenoxy) is 1. The van der Waals surface area contributed by atoms with Gasteiger partial charge in [-0.1, -0.05) is 29.4 Å². The van der Waals surface area contributed by atoms with Crippen LogP contribution in [-0.2, 0) is 16.9 Å². The third-order valence-corrected chi connectivity index (χ3v) is 4.98. The summed E-state index contributed by atoms with van der Waals surface area (Å²) in [7, 11) is 1.54. The largest absolute Gasteiger partial charge is 0.496 e. The summed E-state index contributed by atoms with van der Waals surface area (Å²) in [5.41, 5.74) is 0.416. The number of rotatable bonds is 5. The molecule has 150 valence electrons. The van der Waals surface area contributed by atoms with Crippen LogP contribution in [0.25, 0.3) is 11.4 Å². The molecule has 9 nitrogen and oxygen atoms in total. The summed E-state index contributed by atoms with van der Waals surface area (Å²) in [5.74, 6) is 0.537. The smallest absolute Gasteiger partial charge is 0.325 e. The molecule has 0 bridgehead atoms. The molecule has 4 rings (SSSR count). The second kappa shape index (κ2) is 7.33. The van der Waals surface area contributed by atoms with E-state index >= 15 is 0 Å². The Hall–Kier alpha value is -4.19. The summed E-state index contributed by atoms with van der Waals surface area (Å²) >= 11 is 0. The topological polar surface area (TPSA) is 121 Å². The van der Waals surface area contributed by atoms with Crippen LogP contribution in [0.1, 0.15) is 23.9 Å². The lowest BCUT2D eigenvalue weighted by Crippen LogP contribution is -2.40. The molecule has 0 unspecified atom stereocenters. The van der Waals surface area contributed by atoms with Gasteiger partial charge >= 0.3 is 6.03 Å². The van der Waals surface area contributed by atoms with E-state index in [9.17, 15) is 9.59 Å². The fourth-order valence-electron chi connectivity index (χ4n) is 3.31. The van der Waals surface area contributed by atoms with Crippen molar-refractivity contribution < 1.29 is 18.8 Å². The highest BCUT2D eigenvalue weighted by atomic mass is 16.5. The number of nitrogens with zero attached hydrogens (tertiary/aromatic N) is 4. The number of carbonyl (C=O) groups is 2. The summed E-state index contributed by atoms with van der Waals surface area (Å²) in [4.78, 5) is 30.9. The molecule has 3 aromatic rings. The van der Waals surface area contributed by atoms with E-state index in [1.54, 1.807) is 43.3 Å². The first kappa shape index (κ1) is 19.1. The summed E-state index contributed by atoms with van der Waals surface area (Å²) in [6.07, 6.45) is 0. The number of amides is 3. The zero-order valence-electron chi connectivity index (χ0n) is 16.2. The maximum atomic E-state index is 13.0. The van der Waals surface area contributed by atoms with Crippen molar-refractivity contribution in [1.29, 1.82) is 5.26 Å². The normalized spacial score (nSPS) is 18.2. The van der Waals surface area contributed by atoms with Crippen LogP contribution >= 0.6 is 0 Å². The fraction of sp³-hybridized carbons (Fsp3) is 0.190. The molecule has 30 heavy (non-hydrogen) atoms. The number of nitrogens with one attached hydrogen (secondary N) is 1. The van der Waals surface area contributed by atoms with Gasteiger partial charge in [0, 0.05) is 0 Å². The van der Waals surface area contributed by atoms with Crippen LogP contribution in [0.15, 0.2) is 53.1 Å². The first-order valence-electron chi connectivity index (χ1n) is 9.07. The zero-order chi connectivity index (χ0) is 21.3. The number of nitriles is 1. The van der Waals surface area contributed by atoms with Crippen LogP contribution in [0.4, 0.5) is 4.79 Å². The van der Waals surface area contributed by atoms with Gasteiger partial charge in [0.1, 0.15) is 17.8 Å². The summed E-state index contributed by atoms with van der Waals surface area (Å²) < 4.78 is 10.6. The van der Waals surface area contributed by atoms with E-state index in [0.29, 0.717) is 28.3 Å². The van der Waals surface area contributed by atoms with E-state index in [1.165, 1.54) is 7.11 Å². The van der Waals surface area contributed by atoms with Gasteiger partial charge < -0.3 is 14.6 Å². The van der Waals surface area contributed by atoms with Gasteiger partial charge in [-0.3, -0.25) is 9.69 Å². The molecule has 1 aliphatic rings. The Morgan fingerprint density at radius 3 is 2.63 bits per heavy atom. The van der Waals surface area contributed by atoms with E-state index < -0.39 is 17.5 Å². The molecule has 1 aromatic heterocycles. The first-order valence-corrected chi connectivity index (χ1v) is 9.07. The molecule has 1 saturated heterocycles. The molecule has 1 fully saturated rings. The highest BCUT2D eigenvalue weighted by Gasteiger charge is 2.49. The van der Waals surface area contributed by atoms with E-state index in [0.717, 1.165) is 4.90 Å². The highest BCUT2D eigenvalue weighted by molar-refractivity contribution is 6.07. The Labute approximate surface area is 171 Å². The van der Waals surface area contributed by atoms with Crippen LogP contribution in [0, 0.1) is 11.3 Å². The first-order chi connectivity index (χ1) is 14.5. The lowest BCUT2D eigenvalue weighted by Gasteiger charge is -2.22. The van der Waals surface area contributed by atoms with Gasteiger partial charge in [0.2, 0.25) is 11.7 Å². The van der Waals surface area contributed by atoms with Crippen molar-refractivity contribution in [3.8, 4) is 23.2 Å². The number of hydrogen-bond acceptors (Lipinski definition) is 7. The number of aromatic nitrogens is 2. The molecule has 2 aromatic carbocycles. The van der Waals surface area contributed by atoms with Crippen LogP contribution < -0.4 is 10.1 Å². The monoisotopic (exact) mass is 403 g/mol.